The van der Waals surface area contributed by atoms with Crippen molar-refractivity contribution in [2.75, 3.05) is 36.5 Å². The SMILES string of the molecule is CS(=O)(=O)CCNC(=O)c1cc2nc(N3CCCC(=N)C3)n(Cc3ccccc3C#N)c(=O)c2s1. The van der Waals surface area contributed by atoms with Crippen LogP contribution in [-0.4, -0.2) is 61.2 Å². The Bertz CT molecular complexity index is 1520. The Labute approximate surface area is 206 Å². The predicted octanol–water partition coefficient (Wildman–Crippen LogP) is 1.77. The smallest absolute Gasteiger partial charge is 0.273 e. The minimum atomic E-state index is -3.22. The van der Waals surface area contributed by atoms with Gasteiger partial charge in [-0.15, -0.1) is 11.3 Å². The lowest BCUT2D eigenvalue weighted by Gasteiger charge is -2.30. The van der Waals surface area contributed by atoms with Crippen molar-refractivity contribution in [3.63, 3.8) is 0 Å². The van der Waals surface area contributed by atoms with Crippen LogP contribution in [0.1, 0.15) is 33.6 Å². The Morgan fingerprint density at radius 2 is 2.11 bits per heavy atom. The van der Waals surface area contributed by atoms with Gasteiger partial charge in [-0.2, -0.15) is 5.26 Å². The summed E-state index contributed by atoms with van der Waals surface area (Å²) in [5.41, 5.74) is 1.70. The number of carbonyl (C=O) groups is 1. The van der Waals surface area contributed by atoms with Gasteiger partial charge in [-0.3, -0.25) is 14.2 Å². The first kappa shape index (κ1) is 24.6. The summed E-state index contributed by atoms with van der Waals surface area (Å²) in [6.07, 6.45) is 2.55. The minimum absolute atomic E-state index is 0.0321. The molecule has 0 unspecified atom stereocenters. The molecule has 0 saturated carbocycles. The molecule has 1 aromatic carbocycles. The molecule has 0 radical (unpaired) electrons. The molecule has 0 bridgehead atoms. The molecule has 12 heteroatoms. The molecule has 1 aliphatic heterocycles. The number of carbonyl (C=O) groups excluding carboxylic acids is 1. The van der Waals surface area contributed by atoms with Crippen LogP contribution in [0.2, 0.25) is 0 Å². The number of nitrogens with zero attached hydrogens (tertiary/aromatic N) is 4. The van der Waals surface area contributed by atoms with Crippen molar-refractivity contribution >= 4 is 49.0 Å². The molecule has 3 aromatic rings. The predicted molar refractivity (Wildman–Crippen MR) is 135 cm³/mol. The fraction of sp³-hybridized carbons (Fsp3) is 0.348. The first-order valence-electron chi connectivity index (χ1n) is 11.0. The van der Waals surface area contributed by atoms with E-state index in [0.29, 0.717) is 52.5 Å². The van der Waals surface area contributed by atoms with E-state index in [0.717, 1.165) is 24.0 Å². The Morgan fingerprint density at radius 3 is 2.83 bits per heavy atom. The van der Waals surface area contributed by atoms with Gasteiger partial charge in [0.25, 0.3) is 11.5 Å². The number of sulfone groups is 1. The lowest BCUT2D eigenvalue weighted by Crippen LogP contribution is -2.40. The Kier molecular flexibility index (Phi) is 7.00. The minimum Gasteiger partial charge on any atom is -0.350 e. The number of anilines is 1. The van der Waals surface area contributed by atoms with Crippen LogP contribution >= 0.6 is 11.3 Å². The second kappa shape index (κ2) is 9.97. The van der Waals surface area contributed by atoms with Crippen molar-refractivity contribution in [2.24, 2.45) is 0 Å². The summed E-state index contributed by atoms with van der Waals surface area (Å²) >= 11 is 0.997. The topological polar surface area (TPSA) is 149 Å². The van der Waals surface area contributed by atoms with Gasteiger partial charge in [0.05, 0.1) is 40.9 Å². The van der Waals surface area contributed by atoms with E-state index in [2.05, 4.69) is 11.4 Å². The number of thiophene rings is 1. The summed E-state index contributed by atoms with van der Waals surface area (Å²) in [7, 11) is -3.22. The van der Waals surface area contributed by atoms with Gasteiger partial charge in [-0.1, -0.05) is 18.2 Å². The Balaban J connectivity index is 1.77. The molecule has 2 N–H and O–H groups in total. The number of nitrogens with one attached hydrogen (secondary N) is 2. The Morgan fingerprint density at radius 1 is 1.34 bits per heavy atom. The van der Waals surface area contributed by atoms with Crippen LogP contribution in [0.15, 0.2) is 35.1 Å². The molecule has 1 aliphatic rings. The third kappa shape index (κ3) is 5.58. The van der Waals surface area contributed by atoms with E-state index in [9.17, 15) is 23.3 Å². The number of fused-ring (bicyclic) bond motifs is 1. The molecular weight excluding hydrogens is 488 g/mol. The van der Waals surface area contributed by atoms with Crippen molar-refractivity contribution < 1.29 is 13.2 Å². The first-order chi connectivity index (χ1) is 16.7. The van der Waals surface area contributed by atoms with Crippen LogP contribution in [0, 0.1) is 16.7 Å². The molecule has 35 heavy (non-hydrogen) atoms. The summed E-state index contributed by atoms with van der Waals surface area (Å²) in [4.78, 5) is 33.1. The van der Waals surface area contributed by atoms with Crippen LogP contribution in [0.3, 0.4) is 0 Å². The molecule has 10 nitrogen and oxygen atoms in total. The quantitative estimate of drug-likeness (QED) is 0.490. The zero-order valence-electron chi connectivity index (χ0n) is 19.1. The fourth-order valence-corrected chi connectivity index (χ4v) is 5.35. The number of rotatable bonds is 7. The number of aromatic nitrogens is 2. The molecule has 1 fully saturated rings. The number of hydrogen-bond acceptors (Lipinski definition) is 9. The van der Waals surface area contributed by atoms with E-state index in [1.165, 1.54) is 10.6 Å². The van der Waals surface area contributed by atoms with E-state index in [1.807, 2.05) is 4.90 Å². The highest BCUT2D eigenvalue weighted by Crippen LogP contribution is 2.26. The maximum Gasteiger partial charge on any atom is 0.273 e. The van der Waals surface area contributed by atoms with Crippen molar-refractivity contribution in [1.82, 2.24) is 14.9 Å². The highest BCUT2D eigenvalue weighted by atomic mass is 32.2. The Hall–Kier alpha value is -3.56. The second-order valence-corrected chi connectivity index (χ2v) is 11.7. The highest BCUT2D eigenvalue weighted by Gasteiger charge is 2.24. The highest BCUT2D eigenvalue weighted by molar-refractivity contribution is 7.90. The largest absolute Gasteiger partial charge is 0.350 e. The van der Waals surface area contributed by atoms with Crippen LogP contribution in [0.5, 0.6) is 0 Å². The zero-order valence-corrected chi connectivity index (χ0v) is 20.7. The maximum absolute atomic E-state index is 13.6. The average Bonchev–Trinajstić information content (AvgIpc) is 3.25. The van der Waals surface area contributed by atoms with Gasteiger partial charge in [-0.25, -0.2) is 13.4 Å². The first-order valence-corrected chi connectivity index (χ1v) is 13.8. The summed E-state index contributed by atoms with van der Waals surface area (Å²) in [6.45, 7) is 1.07. The van der Waals surface area contributed by atoms with Crippen LogP contribution in [0.25, 0.3) is 10.2 Å². The molecule has 4 rings (SSSR count). The number of amides is 1. The molecule has 0 spiro atoms. The normalized spacial score (nSPS) is 14.2. The summed E-state index contributed by atoms with van der Waals surface area (Å²) in [6, 6.07) is 10.7. The van der Waals surface area contributed by atoms with Gasteiger partial charge in [0.1, 0.15) is 14.5 Å². The number of piperidine rings is 1. The van der Waals surface area contributed by atoms with E-state index < -0.39 is 15.7 Å². The zero-order chi connectivity index (χ0) is 25.2. The average molecular weight is 513 g/mol. The standard InChI is InChI=1S/C23H24N6O4S2/c1-35(32,33)10-8-26-21(30)19-11-18-20(34-19)22(31)29(13-16-6-3-2-5-15(16)12-24)23(27-18)28-9-4-7-17(25)14-28/h2-3,5-6,11,25H,4,7-10,13-14H2,1H3,(H,26,30). The van der Waals surface area contributed by atoms with Crippen molar-refractivity contribution in [1.29, 1.82) is 10.7 Å². The van der Waals surface area contributed by atoms with Crippen LogP contribution < -0.4 is 15.8 Å². The molecule has 2 aromatic heterocycles. The monoisotopic (exact) mass is 512 g/mol. The van der Waals surface area contributed by atoms with E-state index in [4.69, 9.17) is 10.4 Å². The molecule has 1 amide bonds. The summed E-state index contributed by atoms with van der Waals surface area (Å²) in [5.74, 6) is -0.266. The molecular formula is C23H24N6O4S2. The lowest BCUT2D eigenvalue weighted by molar-refractivity contribution is 0.0960. The third-order valence-electron chi connectivity index (χ3n) is 5.63. The molecule has 1 saturated heterocycles. The summed E-state index contributed by atoms with van der Waals surface area (Å²) in [5, 5.41) is 20.2. The van der Waals surface area contributed by atoms with E-state index in [1.54, 1.807) is 24.3 Å². The number of nitriles is 1. The van der Waals surface area contributed by atoms with Gasteiger partial charge in [0.15, 0.2) is 0 Å². The molecule has 182 valence electrons. The van der Waals surface area contributed by atoms with E-state index >= 15 is 0 Å². The molecule has 0 aliphatic carbocycles. The van der Waals surface area contributed by atoms with E-state index in [-0.39, 0.29) is 29.3 Å². The van der Waals surface area contributed by atoms with Crippen LogP contribution in [0.4, 0.5) is 5.95 Å². The molecule has 3 heterocycles. The summed E-state index contributed by atoms with van der Waals surface area (Å²) < 4.78 is 24.5. The second-order valence-electron chi connectivity index (χ2n) is 8.41. The van der Waals surface area contributed by atoms with Gasteiger partial charge < -0.3 is 15.6 Å². The van der Waals surface area contributed by atoms with Crippen molar-refractivity contribution in [3.05, 3.63) is 56.7 Å². The van der Waals surface area contributed by atoms with Gasteiger partial charge in [-0.05, 0) is 30.5 Å². The maximum atomic E-state index is 13.6. The van der Waals surface area contributed by atoms with Crippen molar-refractivity contribution in [3.8, 4) is 6.07 Å². The van der Waals surface area contributed by atoms with Crippen LogP contribution in [-0.2, 0) is 16.4 Å². The third-order valence-corrected chi connectivity index (χ3v) is 7.69. The van der Waals surface area contributed by atoms with Gasteiger partial charge in [0.2, 0.25) is 5.95 Å². The van der Waals surface area contributed by atoms with Gasteiger partial charge >= 0.3 is 0 Å². The number of benzene rings is 1. The van der Waals surface area contributed by atoms with Gasteiger partial charge in [0, 0.05) is 25.1 Å². The number of hydrogen-bond donors (Lipinski definition) is 2. The van der Waals surface area contributed by atoms with Crippen molar-refractivity contribution in [2.45, 2.75) is 19.4 Å². The fourth-order valence-electron chi connectivity index (χ4n) is 3.91. The lowest BCUT2D eigenvalue weighted by atomic mass is 10.1. The molecule has 0 atom stereocenters.